The van der Waals surface area contributed by atoms with Gasteiger partial charge in [-0.3, -0.25) is 0 Å². The first-order valence-electron chi connectivity index (χ1n) is 4.04. The van der Waals surface area contributed by atoms with E-state index >= 15 is 0 Å². The summed E-state index contributed by atoms with van der Waals surface area (Å²) in [5.74, 6) is 0. The van der Waals surface area contributed by atoms with Crippen molar-refractivity contribution >= 4 is 0 Å². The Labute approximate surface area is 61.5 Å². The summed E-state index contributed by atoms with van der Waals surface area (Å²) in [4.78, 5) is 0. The Balaban J connectivity index is 1.86. The summed E-state index contributed by atoms with van der Waals surface area (Å²) in [5, 5.41) is 0. The molecule has 2 rings (SSSR count). The van der Waals surface area contributed by atoms with Crippen LogP contribution in [0.2, 0.25) is 0 Å². The fourth-order valence-electron chi connectivity index (χ4n) is 1.67. The van der Waals surface area contributed by atoms with E-state index in [2.05, 4.69) is 6.92 Å². The van der Waals surface area contributed by atoms with Gasteiger partial charge in [0.25, 0.3) is 0 Å². The summed E-state index contributed by atoms with van der Waals surface area (Å²) in [6, 6.07) is 0. The van der Waals surface area contributed by atoms with Crippen LogP contribution in [0.15, 0.2) is 0 Å². The van der Waals surface area contributed by atoms with Gasteiger partial charge in [0.2, 0.25) is 0 Å². The predicted molar refractivity (Wildman–Crippen MR) is 37.9 cm³/mol. The largest absolute Gasteiger partial charge is 0.375 e. The number of rotatable bonds is 2. The van der Waals surface area contributed by atoms with Gasteiger partial charge in [-0.2, -0.15) is 0 Å². The maximum atomic E-state index is 5.61. The zero-order chi connectivity index (χ0) is 7.03. The third-order valence-electron chi connectivity index (χ3n) is 2.36. The van der Waals surface area contributed by atoms with Crippen molar-refractivity contribution in [1.82, 2.24) is 0 Å². The quantitative estimate of drug-likeness (QED) is 0.543. The Morgan fingerprint density at radius 1 is 1.60 bits per heavy atom. The second-order valence-electron chi connectivity index (χ2n) is 3.56. The van der Waals surface area contributed by atoms with Gasteiger partial charge in [-0.25, -0.2) is 0 Å². The van der Waals surface area contributed by atoms with Crippen LogP contribution in [0.25, 0.3) is 0 Å². The molecule has 0 aromatic carbocycles. The lowest BCUT2D eigenvalue weighted by Crippen LogP contribution is -2.24. The maximum Gasteiger partial charge on any atom is 0.0837 e. The van der Waals surface area contributed by atoms with Crippen molar-refractivity contribution < 1.29 is 9.47 Å². The van der Waals surface area contributed by atoms with Gasteiger partial charge in [-0.15, -0.1) is 0 Å². The molecule has 0 aliphatic carbocycles. The SMILES string of the molecule is CC1(CC2CO2)CCCO1. The van der Waals surface area contributed by atoms with Gasteiger partial charge in [-0.05, 0) is 19.8 Å². The molecule has 2 unspecified atom stereocenters. The molecule has 0 saturated carbocycles. The fraction of sp³-hybridized carbons (Fsp3) is 1.00. The molecule has 2 fully saturated rings. The molecule has 0 N–H and O–H groups in total. The second kappa shape index (κ2) is 2.21. The van der Waals surface area contributed by atoms with Crippen molar-refractivity contribution in [2.75, 3.05) is 13.2 Å². The lowest BCUT2D eigenvalue weighted by atomic mass is 9.97. The average molecular weight is 142 g/mol. The van der Waals surface area contributed by atoms with E-state index in [1.807, 2.05) is 0 Å². The molecule has 58 valence electrons. The first kappa shape index (κ1) is 6.62. The van der Waals surface area contributed by atoms with E-state index < -0.39 is 0 Å². The van der Waals surface area contributed by atoms with Crippen LogP contribution in [0.4, 0.5) is 0 Å². The van der Waals surface area contributed by atoms with Crippen molar-refractivity contribution in [3.8, 4) is 0 Å². The Bertz CT molecular complexity index is 123. The summed E-state index contributed by atoms with van der Waals surface area (Å²) < 4.78 is 10.8. The van der Waals surface area contributed by atoms with Crippen molar-refractivity contribution in [3.63, 3.8) is 0 Å². The van der Waals surface area contributed by atoms with E-state index in [0.29, 0.717) is 6.10 Å². The molecular weight excluding hydrogens is 128 g/mol. The lowest BCUT2D eigenvalue weighted by Gasteiger charge is -2.21. The fourth-order valence-corrected chi connectivity index (χ4v) is 1.67. The third kappa shape index (κ3) is 1.32. The van der Waals surface area contributed by atoms with Crippen LogP contribution in [-0.2, 0) is 9.47 Å². The van der Waals surface area contributed by atoms with Crippen LogP contribution in [0.3, 0.4) is 0 Å². The summed E-state index contributed by atoms with van der Waals surface area (Å²) in [6.45, 7) is 4.10. The molecule has 0 bridgehead atoms. The molecule has 0 aromatic rings. The minimum atomic E-state index is 0.154. The highest BCUT2D eigenvalue weighted by Crippen LogP contribution is 2.33. The first-order valence-corrected chi connectivity index (χ1v) is 4.04. The summed E-state index contributed by atoms with van der Waals surface area (Å²) in [6.07, 6.45) is 4.06. The van der Waals surface area contributed by atoms with Crippen LogP contribution in [0, 0.1) is 0 Å². The zero-order valence-electron chi connectivity index (χ0n) is 6.43. The van der Waals surface area contributed by atoms with Crippen molar-refractivity contribution in [2.24, 2.45) is 0 Å². The molecule has 2 heterocycles. The Morgan fingerprint density at radius 2 is 2.40 bits per heavy atom. The van der Waals surface area contributed by atoms with Crippen LogP contribution in [0.5, 0.6) is 0 Å². The van der Waals surface area contributed by atoms with Crippen molar-refractivity contribution in [2.45, 2.75) is 37.9 Å². The summed E-state index contributed by atoms with van der Waals surface area (Å²) in [7, 11) is 0. The molecule has 2 nitrogen and oxygen atoms in total. The van der Waals surface area contributed by atoms with E-state index in [-0.39, 0.29) is 5.60 Å². The molecule has 2 aliphatic rings. The molecule has 2 saturated heterocycles. The van der Waals surface area contributed by atoms with Crippen LogP contribution in [-0.4, -0.2) is 24.9 Å². The molecule has 0 spiro atoms. The van der Waals surface area contributed by atoms with Gasteiger partial charge in [0.15, 0.2) is 0 Å². The molecule has 2 heteroatoms. The van der Waals surface area contributed by atoms with E-state index in [4.69, 9.17) is 9.47 Å². The van der Waals surface area contributed by atoms with E-state index in [1.54, 1.807) is 0 Å². The summed E-state index contributed by atoms with van der Waals surface area (Å²) >= 11 is 0. The van der Waals surface area contributed by atoms with Gasteiger partial charge in [0.1, 0.15) is 0 Å². The molecule has 10 heavy (non-hydrogen) atoms. The van der Waals surface area contributed by atoms with Gasteiger partial charge in [-0.1, -0.05) is 0 Å². The van der Waals surface area contributed by atoms with E-state index in [1.165, 1.54) is 12.8 Å². The standard InChI is InChI=1S/C8H14O2/c1-8(3-2-4-10-8)5-7-6-9-7/h7H,2-6H2,1H3. The number of hydrogen-bond acceptors (Lipinski definition) is 2. The van der Waals surface area contributed by atoms with Gasteiger partial charge >= 0.3 is 0 Å². The number of hydrogen-bond donors (Lipinski definition) is 0. The lowest BCUT2D eigenvalue weighted by molar-refractivity contribution is 0.00776. The highest BCUT2D eigenvalue weighted by molar-refractivity contribution is 4.86. The molecule has 0 radical (unpaired) electrons. The van der Waals surface area contributed by atoms with Gasteiger partial charge in [0.05, 0.1) is 18.3 Å². The smallest absolute Gasteiger partial charge is 0.0837 e. The number of ether oxygens (including phenoxy) is 2. The van der Waals surface area contributed by atoms with Gasteiger partial charge in [0, 0.05) is 13.0 Å². The van der Waals surface area contributed by atoms with Crippen LogP contribution >= 0.6 is 0 Å². The van der Waals surface area contributed by atoms with Crippen molar-refractivity contribution in [1.29, 1.82) is 0 Å². The number of epoxide rings is 1. The highest BCUT2D eigenvalue weighted by atomic mass is 16.6. The molecule has 2 aliphatic heterocycles. The normalized spacial score (nSPS) is 45.9. The van der Waals surface area contributed by atoms with Crippen LogP contribution in [0.1, 0.15) is 26.2 Å². The minimum Gasteiger partial charge on any atom is -0.375 e. The van der Waals surface area contributed by atoms with Crippen LogP contribution < -0.4 is 0 Å². The Morgan fingerprint density at radius 3 is 2.90 bits per heavy atom. The maximum absolute atomic E-state index is 5.61. The molecule has 0 amide bonds. The van der Waals surface area contributed by atoms with Gasteiger partial charge < -0.3 is 9.47 Å². The first-order chi connectivity index (χ1) is 4.79. The minimum absolute atomic E-state index is 0.154. The highest BCUT2D eigenvalue weighted by Gasteiger charge is 2.37. The van der Waals surface area contributed by atoms with Crippen molar-refractivity contribution in [3.05, 3.63) is 0 Å². The second-order valence-corrected chi connectivity index (χ2v) is 3.56. The molecule has 2 atom stereocenters. The monoisotopic (exact) mass is 142 g/mol. The van der Waals surface area contributed by atoms with E-state index in [9.17, 15) is 0 Å². The average Bonchev–Trinajstić information content (AvgIpc) is 2.56. The predicted octanol–water partition coefficient (Wildman–Crippen LogP) is 1.34. The van der Waals surface area contributed by atoms with E-state index in [0.717, 1.165) is 19.6 Å². The summed E-state index contributed by atoms with van der Waals surface area (Å²) in [5.41, 5.74) is 0.154. The Kier molecular flexibility index (Phi) is 1.46. The molecular formula is C8H14O2. The third-order valence-corrected chi connectivity index (χ3v) is 2.36. The zero-order valence-corrected chi connectivity index (χ0v) is 6.43. The molecule has 0 aromatic heterocycles. The Hall–Kier alpha value is -0.0800. The topological polar surface area (TPSA) is 21.8 Å².